The average molecular weight is 407 g/mol. The Labute approximate surface area is 175 Å². The van der Waals surface area contributed by atoms with Crippen LogP contribution in [0, 0.1) is 17.2 Å². The smallest absolute Gasteiger partial charge is 0.233 e. The van der Waals surface area contributed by atoms with Gasteiger partial charge in [-0.2, -0.15) is 10.4 Å². The minimum absolute atomic E-state index is 0.00332. The molecule has 2 aromatic rings. The first kappa shape index (κ1) is 20.2. The molecule has 0 spiro atoms. The Bertz CT molecular complexity index is 954. The summed E-state index contributed by atoms with van der Waals surface area (Å²) in [5.41, 5.74) is 3.17. The number of fused-ring (bicyclic) bond motifs is 1. The number of carbonyl (C=O) groups excluding carboxylic acids is 1. The van der Waals surface area contributed by atoms with Crippen molar-refractivity contribution in [2.75, 3.05) is 38.3 Å². The van der Waals surface area contributed by atoms with Crippen molar-refractivity contribution in [3.63, 3.8) is 0 Å². The van der Waals surface area contributed by atoms with E-state index in [4.69, 9.17) is 14.5 Å². The van der Waals surface area contributed by atoms with Crippen molar-refractivity contribution < 1.29 is 14.3 Å². The van der Waals surface area contributed by atoms with Gasteiger partial charge in [0.25, 0.3) is 0 Å². The zero-order chi connectivity index (χ0) is 20.9. The van der Waals surface area contributed by atoms with Crippen molar-refractivity contribution >= 4 is 11.6 Å². The van der Waals surface area contributed by atoms with Crippen molar-refractivity contribution in [3.05, 3.63) is 40.7 Å². The predicted octanol–water partition coefficient (Wildman–Crippen LogP) is 2.16. The van der Waals surface area contributed by atoms with E-state index in [-0.39, 0.29) is 18.1 Å². The van der Waals surface area contributed by atoms with E-state index >= 15 is 0 Å². The molecule has 0 radical (unpaired) electrons. The first-order chi connectivity index (χ1) is 14.7. The Balaban J connectivity index is 1.66. The molecular formula is C22H25N5O3. The molecule has 0 aromatic carbocycles. The second kappa shape index (κ2) is 9.18. The molecular weight excluding hydrogens is 382 g/mol. The van der Waals surface area contributed by atoms with Crippen LogP contribution in [0.4, 0.5) is 5.82 Å². The monoisotopic (exact) mass is 407 g/mol. The maximum Gasteiger partial charge on any atom is 0.233 e. The highest BCUT2D eigenvalue weighted by Crippen LogP contribution is 2.27. The fourth-order valence-electron chi connectivity index (χ4n) is 4.05. The first-order valence-corrected chi connectivity index (χ1v) is 10.3. The van der Waals surface area contributed by atoms with E-state index in [2.05, 4.69) is 21.2 Å². The molecule has 8 nitrogen and oxygen atoms in total. The standard InChI is InChI=1S/C22H25N5O3/c1-29-22-5-4-16(25-26-22)11-20(28)18-12-21(27-8-2-3-15(13-23)14-27)24-19-7-10-30-9-6-17(18)19/h4-5,12,15H,2-3,6-11,14H2,1H3/t15-/m0/s1. The van der Waals surface area contributed by atoms with Crippen molar-refractivity contribution in [3.8, 4) is 11.9 Å². The second-order valence-corrected chi connectivity index (χ2v) is 7.65. The van der Waals surface area contributed by atoms with Gasteiger partial charge in [0.1, 0.15) is 5.82 Å². The molecule has 0 N–H and O–H groups in total. The van der Waals surface area contributed by atoms with Gasteiger partial charge in [-0.25, -0.2) is 4.98 Å². The maximum absolute atomic E-state index is 13.3. The molecule has 0 bridgehead atoms. The topological polar surface area (TPSA) is 101 Å². The van der Waals surface area contributed by atoms with E-state index in [1.165, 1.54) is 7.11 Å². The number of piperidine rings is 1. The van der Waals surface area contributed by atoms with E-state index in [1.807, 2.05) is 6.07 Å². The molecule has 2 aliphatic heterocycles. The largest absolute Gasteiger partial charge is 0.480 e. The number of Topliss-reactive ketones (excluding diaryl/α,β-unsaturated/α-hetero) is 1. The molecule has 1 atom stereocenters. The number of nitrogens with zero attached hydrogens (tertiary/aromatic N) is 5. The lowest BCUT2D eigenvalue weighted by Gasteiger charge is -2.31. The number of rotatable bonds is 5. The van der Waals surface area contributed by atoms with Crippen LogP contribution >= 0.6 is 0 Å². The van der Waals surface area contributed by atoms with Gasteiger partial charge < -0.3 is 14.4 Å². The molecule has 0 unspecified atom stereocenters. The van der Waals surface area contributed by atoms with Gasteiger partial charge in [-0.3, -0.25) is 4.79 Å². The van der Waals surface area contributed by atoms with Crippen LogP contribution in [0.5, 0.6) is 5.88 Å². The van der Waals surface area contributed by atoms with Gasteiger partial charge >= 0.3 is 0 Å². The van der Waals surface area contributed by atoms with E-state index in [0.717, 1.165) is 36.5 Å². The van der Waals surface area contributed by atoms with Gasteiger partial charge in [-0.1, -0.05) is 0 Å². The SMILES string of the molecule is COc1ccc(CC(=O)c2cc(N3CCC[C@@H](C#N)C3)nc3c2CCOCC3)nn1. The van der Waals surface area contributed by atoms with E-state index in [0.29, 0.717) is 49.7 Å². The van der Waals surface area contributed by atoms with Gasteiger partial charge in [-0.15, -0.1) is 5.10 Å². The Morgan fingerprint density at radius 1 is 1.33 bits per heavy atom. The van der Waals surface area contributed by atoms with Gasteiger partial charge in [0.05, 0.1) is 44.4 Å². The van der Waals surface area contributed by atoms with Crippen LogP contribution < -0.4 is 9.64 Å². The normalized spacial score (nSPS) is 18.8. The average Bonchev–Trinajstić information content (AvgIpc) is 3.04. The molecule has 4 heterocycles. The highest BCUT2D eigenvalue weighted by Gasteiger charge is 2.25. The lowest BCUT2D eigenvalue weighted by molar-refractivity contribution is 0.0990. The van der Waals surface area contributed by atoms with Crippen molar-refractivity contribution in [2.45, 2.75) is 32.1 Å². The van der Waals surface area contributed by atoms with Crippen molar-refractivity contribution in [1.82, 2.24) is 15.2 Å². The number of hydrogen-bond acceptors (Lipinski definition) is 8. The van der Waals surface area contributed by atoms with Crippen LogP contribution in [-0.2, 0) is 24.0 Å². The van der Waals surface area contributed by atoms with Crippen LogP contribution in [0.15, 0.2) is 18.2 Å². The fourth-order valence-corrected chi connectivity index (χ4v) is 4.05. The highest BCUT2D eigenvalue weighted by atomic mass is 16.5. The summed E-state index contributed by atoms with van der Waals surface area (Å²) in [4.78, 5) is 20.3. The molecule has 156 valence electrons. The number of ketones is 1. The quantitative estimate of drug-likeness (QED) is 0.695. The number of methoxy groups -OCH3 is 1. The molecule has 1 fully saturated rings. The Kier molecular flexibility index (Phi) is 6.19. The molecule has 30 heavy (non-hydrogen) atoms. The Morgan fingerprint density at radius 2 is 2.20 bits per heavy atom. The minimum atomic E-state index is -0.00916. The molecule has 2 aromatic heterocycles. The van der Waals surface area contributed by atoms with Crippen LogP contribution in [0.25, 0.3) is 0 Å². The molecule has 2 aliphatic rings. The van der Waals surface area contributed by atoms with Crippen molar-refractivity contribution in [1.29, 1.82) is 5.26 Å². The summed E-state index contributed by atoms with van der Waals surface area (Å²) in [6.45, 7) is 2.67. The van der Waals surface area contributed by atoms with E-state index in [1.54, 1.807) is 12.1 Å². The number of anilines is 1. The fraction of sp³-hybridized carbons (Fsp3) is 0.500. The van der Waals surface area contributed by atoms with Crippen LogP contribution in [0.3, 0.4) is 0 Å². The molecule has 0 saturated carbocycles. The molecule has 0 amide bonds. The van der Waals surface area contributed by atoms with Gasteiger partial charge in [0, 0.05) is 36.8 Å². The summed E-state index contributed by atoms with van der Waals surface area (Å²) in [5, 5.41) is 17.4. The number of aromatic nitrogens is 3. The third-order valence-electron chi connectivity index (χ3n) is 5.65. The molecule has 4 rings (SSSR count). The number of ether oxygens (including phenoxy) is 2. The second-order valence-electron chi connectivity index (χ2n) is 7.65. The van der Waals surface area contributed by atoms with Gasteiger partial charge in [-0.05, 0) is 37.0 Å². The first-order valence-electron chi connectivity index (χ1n) is 10.3. The van der Waals surface area contributed by atoms with Crippen molar-refractivity contribution in [2.24, 2.45) is 5.92 Å². The van der Waals surface area contributed by atoms with Crippen LogP contribution in [-0.4, -0.2) is 54.4 Å². The molecule has 1 saturated heterocycles. The zero-order valence-corrected chi connectivity index (χ0v) is 17.1. The summed E-state index contributed by atoms with van der Waals surface area (Å²) in [6, 6.07) is 7.73. The van der Waals surface area contributed by atoms with E-state index in [9.17, 15) is 10.1 Å². The lowest BCUT2D eigenvalue weighted by atomic mass is 9.95. The number of hydrogen-bond donors (Lipinski definition) is 0. The minimum Gasteiger partial charge on any atom is -0.480 e. The van der Waals surface area contributed by atoms with E-state index < -0.39 is 0 Å². The third kappa shape index (κ3) is 4.41. The number of pyridine rings is 1. The summed E-state index contributed by atoms with van der Waals surface area (Å²) >= 11 is 0. The summed E-state index contributed by atoms with van der Waals surface area (Å²) in [7, 11) is 1.53. The molecule has 8 heteroatoms. The summed E-state index contributed by atoms with van der Waals surface area (Å²) < 4.78 is 10.7. The Hall–Kier alpha value is -3.05. The highest BCUT2D eigenvalue weighted by molar-refractivity contribution is 5.99. The predicted molar refractivity (Wildman–Crippen MR) is 110 cm³/mol. The number of carbonyl (C=O) groups is 1. The van der Waals surface area contributed by atoms with Gasteiger partial charge in [0.2, 0.25) is 5.88 Å². The number of nitriles is 1. The summed E-state index contributed by atoms with van der Waals surface area (Å²) in [5.74, 6) is 1.18. The van der Waals surface area contributed by atoms with Gasteiger partial charge in [0.15, 0.2) is 5.78 Å². The third-order valence-corrected chi connectivity index (χ3v) is 5.65. The van der Waals surface area contributed by atoms with Crippen LogP contribution in [0.1, 0.15) is 40.2 Å². The van der Waals surface area contributed by atoms with Crippen LogP contribution in [0.2, 0.25) is 0 Å². The zero-order valence-electron chi connectivity index (χ0n) is 17.1. The summed E-state index contributed by atoms with van der Waals surface area (Å²) in [6.07, 6.45) is 3.37. The maximum atomic E-state index is 13.3. The Morgan fingerprint density at radius 3 is 2.97 bits per heavy atom. The lowest BCUT2D eigenvalue weighted by Crippen LogP contribution is -2.36. The molecule has 0 aliphatic carbocycles.